The molecule has 3 rings (SSSR count). The van der Waals surface area contributed by atoms with Gasteiger partial charge in [0.2, 0.25) is 0 Å². The molecule has 25 heavy (non-hydrogen) atoms. The maximum atomic E-state index is 12.8. The van der Waals surface area contributed by atoms with Gasteiger partial charge in [-0.25, -0.2) is 9.48 Å². The van der Waals surface area contributed by atoms with Crippen molar-refractivity contribution in [3.05, 3.63) is 45.7 Å². The number of carboxylic acid groups (broad SMARTS) is 1. The molecule has 0 radical (unpaired) electrons. The third kappa shape index (κ3) is 3.00. The zero-order chi connectivity index (χ0) is 18.4. The van der Waals surface area contributed by atoms with Crippen LogP contribution in [0.5, 0.6) is 0 Å². The van der Waals surface area contributed by atoms with Gasteiger partial charge in [0.05, 0.1) is 10.7 Å². The number of halogens is 2. The molecular weight excluding hydrogens is 365 g/mol. The number of carbonyl (C=O) groups excluding carboxylic acids is 1. The topological polar surface area (TPSA) is 75.4 Å². The molecule has 2 heterocycles. The van der Waals surface area contributed by atoms with Gasteiger partial charge in [0.25, 0.3) is 5.91 Å². The summed E-state index contributed by atoms with van der Waals surface area (Å²) in [5.41, 5.74) is 0.305. The minimum Gasteiger partial charge on any atom is -0.480 e. The Morgan fingerprint density at radius 1 is 1.28 bits per heavy atom. The number of aromatic nitrogens is 2. The van der Waals surface area contributed by atoms with Crippen molar-refractivity contribution >= 4 is 35.1 Å². The molecule has 6 nitrogen and oxygen atoms in total. The van der Waals surface area contributed by atoms with Crippen LogP contribution in [0.1, 0.15) is 35.9 Å². The Bertz CT molecular complexity index is 865. The van der Waals surface area contributed by atoms with E-state index < -0.39 is 17.4 Å². The summed E-state index contributed by atoms with van der Waals surface area (Å²) in [4.78, 5) is 25.8. The lowest BCUT2D eigenvalue weighted by atomic mass is 9.99. The highest BCUT2D eigenvalue weighted by molar-refractivity contribution is 6.35. The number of rotatable bonds is 3. The smallest absolute Gasteiger partial charge is 0.329 e. The average Bonchev–Trinajstić information content (AvgIpc) is 3.11. The standard InChI is InChI=1S/C17H17Cl2N3O3/c1-10-8-13(15(23)21-7-3-6-17(21,2)16(24)25)20-22(10)14-5-4-11(18)9-12(14)19/h4-5,8-9H,3,6-7H2,1-2H3,(H,24,25). The molecule has 1 aromatic carbocycles. The van der Waals surface area contributed by atoms with Crippen LogP contribution in [0.4, 0.5) is 0 Å². The summed E-state index contributed by atoms with van der Waals surface area (Å²) in [6, 6.07) is 6.64. The summed E-state index contributed by atoms with van der Waals surface area (Å²) < 4.78 is 1.56. The summed E-state index contributed by atoms with van der Waals surface area (Å²) in [5, 5.41) is 14.7. The molecule has 0 spiro atoms. The van der Waals surface area contributed by atoms with Crippen LogP contribution in [0.2, 0.25) is 10.0 Å². The van der Waals surface area contributed by atoms with Gasteiger partial charge in [-0.15, -0.1) is 0 Å². The Kier molecular flexibility index (Phi) is 4.51. The minimum atomic E-state index is -1.20. The maximum Gasteiger partial charge on any atom is 0.329 e. The van der Waals surface area contributed by atoms with Gasteiger partial charge in [-0.3, -0.25) is 4.79 Å². The second-order valence-electron chi connectivity index (χ2n) is 6.32. The number of carboxylic acids is 1. The van der Waals surface area contributed by atoms with Crippen LogP contribution < -0.4 is 0 Å². The number of benzene rings is 1. The summed E-state index contributed by atoms with van der Waals surface area (Å²) in [6.07, 6.45) is 1.08. The van der Waals surface area contributed by atoms with E-state index in [2.05, 4.69) is 5.10 Å². The fourth-order valence-corrected chi connectivity index (χ4v) is 3.61. The zero-order valence-electron chi connectivity index (χ0n) is 13.8. The van der Waals surface area contributed by atoms with Crippen LogP contribution in [-0.4, -0.2) is 43.7 Å². The molecule has 0 saturated carbocycles. The van der Waals surface area contributed by atoms with Gasteiger partial charge in [0, 0.05) is 17.3 Å². The van der Waals surface area contributed by atoms with Gasteiger partial charge >= 0.3 is 5.97 Å². The quantitative estimate of drug-likeness (QED) is 0.881. The third-order valence-corrected chi connectivity index (χ3v) is 5.13. The number of hydrogen-bond acceptors (Lipinski definition) is 3. The summed E-state index contributed by atoms with van der Waals surface area (Å²) >= 11 is 12.1. The molecule has 1 saturated heterocycles. The molecule has 1 unspecified atom stereocenters. The fraction of sp³-hybridized carbons (Fsp3) is 0.353. The summed E-state index contributed by atoms with van der Waals surface area (Å²) in [7, 11) is 0. The third-order valence-electron chi connectivity index (χ3n) is 4.59. The van der Waals surface area contributed by atoms with Crippen LogP contribution in [0.3, 0.4) is 0 Å². The zero-order valence-corrected chi connectivity index (χ0v) is 15.3. The molecule has 132 valence electrons. The van der Waals surface area contributed by atoms with E-state index in [0.29, 0.717) is 40.8 Å². The molecule has 0 aliphatic carbocycles. The van der Waals surface area contributed by atoms with E-state index in [1.807, 2.05) is 0 Å². The van der Waals surface area contributed by atoms with E-state index in [-0.39, 0.29) is 5.69 Å². The van der Waals surface area contributed by atoms with Crippen molar-refractivity contribution in [2.24, 2.45) is 0 Å². The molecule has 1 N–H and O–H groups in total. The lowest BCUT2D eigenvalue weighted by Crippen LogP contribution is -2.50. The van der Waals surface area contributed by atoms with Crippen molar-refractivity contribution in [1.82, 2.24) is 14.7 Å². The number of nitrogens with zero attached hydrogens (tertiary/aromatic N) is 3. The molecular formula is C17H17Cl2N3O3. The predicted octanol–water partition coefficient (Wildman–Crippen LogP) is 3.57. The van der Waals surface area contributed by atoms with Crippen molar-refractivity contribution in [2.75, 3.05) is 6.54 Å². The minimum absolute atomic E-state index is 0.192. The second-order valence-corrected chi connectivity index (χ2v) is 7.16. The van der Waals surface area contributed by atoms with Crippen LogP contribution in [0.15, 0.2) is 24.3 Å². The highest BCUT2D eigenvalue weighted by Crippen LogP contribution is 2.31. The molecule has 1 aliphatic rings. The maximum absolute atomic E-state index is 12.8. The lowest BCUT2D eigenvalue weighted by molar-refractivity contribution is -0.147. The SMILES string of the molecule is Cc1cc(C(=O)N2CCCC2(C)C(=O)O)nn1-c1ccc(Cl)cc1Cl. The largest absolute Gasteiger partial charge is 0.480 e. The number of aryl methyl sites for hydroxylation is 1. The Morgan fingerprint density at radius 2 is 2.00 bits per heavy atom. The van der Waals surface area contributed by atoms with E-state index in [1.54, 1.807) is 42.8 Å². The monoisotopic (exact) mass is 381 g/mol. The Labute approximate surface area is 154 Å². The van der Waals surface area contributed by atoms with Gasteiger partial charge in [0.1, 0.15) is 5.54 Å². The van der Waals surface area contributed by atoms with E-state index in [4.69, 9.17) is 23.2 Å². The first-order chi connectivity index (χ1) is 11.7. The summed E-state index contributed by atoms with van der Waals surface area (Å²) in [5.74, 6) is -1.40. The summed E-state index contributed by atoms with van der Waals surface area (Å²) in [6.45, 7) is 3.77. The molecule has 1 amide bonds. The number of hydrogen-bond donors (Lipinski definition) is 1. The molecule has 1 fully saturated rings. The fourth-order valence-electron chi connectivity index (χ4n) is 3.13. The van der Waals surface area contributed by atoms with Gasteiger partial charge in [0.15, 0.2) is 5.69 Å². The molecule has 0 bridgehead atoms. The molecule has 1 aromatic heterocycles. The number of carbonyl (C=O) groups is 2. The van der Waals surface area contributed by atoms with Crippen molar-refractivity contribution in [3.8, 4) is 5.69 Å². The lowest BCUT2D eigenvalue weighted by Gasteiger charge is -2.30. The number of likely N-dealkylation sites (tertiary alicyclic amines) is 1. The van der Waals surface area contributed by atoms with Crippen molar-refractivity contribution in [3.63, 3.8) is 0 Å². The van der Waals surface area contributed by atoms with Gasteiger partial charge in [-0.05, 0) is 51.0 Å². The average molecular weight is 382 g/mol. The van der Waals surface area contributed by atoms with Gasteiger partial charge in [-0.1, -0.05) is 23.2 Å². The van der Waals surface area contributed by atoms with Crippen molar-refractivity contribution < 1.29 is 14.7 Å². The highest BCUT2D eigenvalue weighted by Gasteiger charge is 2.46. The number of aliphatic carboxylic acids is 1. The van der Waals surface area contributed by atoms with Crippen LogP contribution >= 0.6 is 23.2 Å². The van der Waals surface area contributed by atoms with E-state index in [0.717, 1.165) is 0 Å². The van der Waals surface area contributed by atoms with Crippen molar-refractivity contribution in [2.45, 2.75) is 32.2 Å². The molecule has 1 atom stereocenters. The normalized spacial score (nSPS) is 20.1. The van der Waals surface area contributed by atoms with Gasteiger partial charge < -0.3 is 10.0 Å². The predicted molar refractivity (Wildman–Crippen MR) is 94.6 cm³/mol. The molecule has 2 aromatic rings. The van der Waals surface area contributed by atoms with E-state index >= 15 is 0 Å². The van der Waals surface area contributed by atoms with Crippen LogP contribution in [-0.2, 0) is 4.79 Å². The van der Waals surface area contributed by atoms with Crippen molar-refractivity contribution in [1.29, 1.82) is 0 Å². The first-order valence-electron chi connectivity index (χ1n) is 7.81. The Morgan fingerprint density at radius 3 is 2.64 bits per heavy atom. The Hall–Kier alpha value is -2.05. The second kappa shape index (κ2) is 6.35. The Balaban J connectivity index is 1.97. The van der Waals surface area contributed by atoms with Gasteiger partial charge in [-0.2, -0.15) is 5.10 Å². The van der Waals surface area contributed by atoms with Crippen LogP contribution in [0.25, 0.3) is 5.69 Å². The molecule has 8 heteroatoms. The highest BCUT2D eigenvalue weighted by atomic mass is 35.5. The number of amides is 1. The van der Waals surface area contributed by atoms with E-state index in [1.165, 1.54) is 4.90 Å². The molecule has 1 aliphatic heterocycles. The first-order valence-corrected chi connectivity index (χ1v) is 8.57. The first kappa shape index (κ1) is 17.8. The van der Waals surface area contributed by atoms with Crippen LogP contribution in [0, 0.1) is 6.92 Å². The van der Waals surface area contributed by atoms with E-state index in [9.17, 15) is 14.7 Å².